The van der Waals surface area contributed by atoms with Crippen molar-refractivity contribution < 1.29 is 14.7 Å². The van der Waals surface area contributed by atoms with Crippen LogP contribution in [0.2, 0.25) is 0 Å². The summed E-state index contributed by atoms with van der Waals surface area (Å²) >= 11 is 3.36. The normalized spacial score (nSPS) is 10.5. The van der Waals surface area contributed by atoms with E-state index in [4.69, 9.17) is 0 Å². The molecule has 0 unspecified atom stereocenters. The lowest BCUT2D eigenvalue weighted by Crippen LogP contribution is -2.12. The van der Waals surface area contributed by atoms with Gasteiger partial charge >= 0.3 is 0 Å². The van der Waals surface area contributed by atoms with Crippen LogP contribution in [0.15, 0.2) is 59.1 Å². The molecule has 0 saturated heterocycles. The predicted molar refractivity (Wildman–Crippen MR) is 93.1 cm³/mol. The first kappa shape index (κ1) is 15.2. The lowest BCUT2D eigenvalue weighted by Gasteiger charge is -2.11. The molecule has 0 spiro atoms. The topological polar surface area (TPSA) is 66.4 Å². The number of halogens is 1. The summed E-state index contributed by atoms with van der Waals surface area (Å²) in [7, 11) is 0. The van der Waals surface area contributed by atoms with E-state index < -0.39 is 5.91 Å². The number of benzene rings is 3. The molecule has 3 rings (SSSR count). The van der Waals surface area contributed by atoms with Crippen molar-refractivity contribution in [3.8, 4) is 5.75 Å². The first-order valence-electron chi connectivity index (χ1n) is 6.87. The molecule has 2 N–H and O–H groups in total. The van der Waals surface area contributed by atoms with Crippen LogP contribution in [0.5, 0.6) is 5.75 Å². The highest BCUT2D eigenvalue weighted by Crippen LogP contribution is 2.32. The Balaban J connectivity index is 2.11. The first-order valence-corrected chi connectivity index (χ1v) is 7.66. The number of aldehydes is 1. The van der Waals surface area contributed by atoms with E-state index in [0.717, 1.165) is 4.47 Å². The number of carbonyl (C=O) groups is 2. The Morgan fingerprint density at radius 3 is 2.52 bits per heavy atom. The van der Waals surface area contributed by atoms with Crippen molar-refractivity contribution in [2.75, 3.05) is 5.32 Å². The maximum Gasteiger partial charge on any atom is 0.259 e. The number of hydrogen-bond acceptors (Lipinski definition) is 3. The van der Waals surface area contributed by atoms with Gasteiger partial charge in [0.25, 0.3) is 5.91 Å². The van der Waals surface area contributed by atoms with Gasteiger partial charge in [0.2, 0.25) is 0 Å². The van der Waals surface area contributed by atoms with E-state index in [1.165, 1.54) is 0 Å². The molecule has 0 atom stereocenters. The molecule has 0 heterocycles. The Morgan fingerprint density at radius 1 is 1.09 bits per heavy atom. The van der Waals surface area contributed by atoms with Crippen LogP contribution in [0, 0.1) is 0 Å². The van der Waals surface area contributed by atoms with Gasteiger partial charge in [-0.3, -0.25) is 9.59 Å². The van der Waals surface area contributed by atoms with Crippen LogP contribution < -0.4 is 5.32 Å². The predicted octanol–water partition coefficient (Wildman–Crippen LogP) is 4.37. The van der Waals surface area contributed by atoms with Crippen LogP contribution in [0.1, 0.15) is 20.7 Å². The minimum Gasteiger partial charge on any atom is -0.506 e. The summed E-state index contributed by atoms with van der Waals surface area (Å²) in [4.78, 5) is 23.8. The van der Waals surface area contributed by atoms with Gasteiger partial charge in [-0.15, -0.1) is 0 Å². The van der Waals surface area contributed by atoms with Crippen LogP contribution in [0.3, 0.4) is 0 Å². The molecule has 114 valence electrons. The molecule has 0 fully saturated rings. The number of phenols is 1. The Labute approximate surface area is 140 Å². The van der Waals surface area contributed by atoms with Crippen molar-refractivity contribution in [2.24, 2.45) is 0 Å². The zero-order valence-corrected chi connectivity index (χ0v) is 13.5. The van der Waals surface area contributed by atoms with Gasteiger partial charge in [-0.05, 0) is 41.1 Å². The minimum absolute atomic E-state index is 0.0570. The smallest absolute Gasteiger partial charge is 0.259 e. The maximum absolute atomic E-state index is 12.4. The number of amides is 1. The van der Waals surface area contributed by atoms with Crippen LogP contribution in [-0.2, 0) is 0 Å². The molecule has 0 radical (unpaired) electrons. The molecule has 0 aromatic heterocycles. The monoisotopic (exact) mass is 369 g/mol. The molecule has 0 aliphatic rings. The van der Waals surface area contributed by atoms with E-state index in [-0.39, 0.29) is 16.9 Å². The fraction of sp³-hybridized carbons (Fsp3) is 0. The third-order valence-corrected chi connectivity index (χ3v) is 4.00. The SMILES string of the molecule is O=Cc1c(O)c(C(=O)Nc2ccccc2)cc2cc(Br)ccc12. The number of carbonyl (C=O) groups excluding carboxylic acids is 2. The Kier molecular flexibility index (Phi) is 4.12. The third kappa shape index (κ3) is 2.96. The van der Waals surface area contributed by atoms with Gasteiger partial charge in [0.05, 0.1) is 11.1 Å². The number of nitrogens with one attached hydrogen (secondary N) is 1. The molecule has 23 heavy (non-hydrogen) atoms. The first-order chi connectivity index (χ1) is 11.1. The highest BCUT2D eigenvalue weighted by Gasteiger charge is 2.18. The summed E-state index contributed by atoms with van der Waals surface area (Å²) in [6, 6.07) is 15.8. The number of fused-ring (bicyclic) bond motifs is 1. The van der Waals surface area contributed by atoms with Gasteiger partial charge in [-0.2, -0.15) is 0 Å². The standard InChI is InChI=1S/C18H12BrNO3/c19-12-6-7-14-11(8-12)9-15(17(22)16(14)10-21)18(23)20-13-4-2-1-3-5-13/h1-10,22H,(H,20,23). The second-order valence-electron chi connectivity index (χ2n) is 4.99. The fourth-order valence-corrected chi connectivity index (χ4v) is 2.79. The van der Waals surface area contributed by atoms with E-state index >= 15 is 0 Å². The molecule has 0 aliphatic carbocycles. The average Bonchev–Trinajstić information content (AvgIpc) is 2.55. The van der Waals surface area contributed by atoms with Crippen molar-refractivity contribution in [2.45, 2.75) is 0 Å². The highest BCUT2D eigenvalue weighted by atomic mass is 79.9. The second-order valence-corrected chi connectivity index (χ2v) is 5.91. The van der Waals surface area contributed by atoms with Gasteiger partial charge in [-0.25, -0.2) is 0 Å². The highest BCUT2D eigenvalue weighted by molar-refractivity contribution is 9.10. The molecule has 3 aromatic rings. The summed E-state index contributed by atoms with van der Waals surface area (Å²) < 4.78 is 0.821. The third-order valence-electron chi connectivity index (χ3n) is 3.51. The quantitative estimate of drug-likeness (QED) is 0.673. The number of anilines is 1. The minimum atomic E-state index is -0.473. The lowest BCUT2D eigenvalue weighted by molar-refractivity contribution is 0.102. The van der Waals surface area contributed by atoms with Gasteiger partial charge in [0.15, 0.2) is 6.29 Å². The number of phenolic OH excluding ortho intramolecular Hbond substituents is 1. The van der Waals surface area contributed by atoms with Crippen molar-refractivity contribution in [3.63, 3.8) is 0 Å². The number of hydrogen-bond donors (Lipinski definition) is 2. The zero-order chi connectivity index (χ0) is 16.4. The van der Waals surface area contributed by atoms with Gasteiger partial charge < -0.3 is 10.4 Å². The fourth-order valence-electron chi connectivity index (χ4n) is 2.41. The van der Waals surface area contributed by atoms with Crippen molar-refractivity contribution in [3.05, 3.63) is 70.2 Å². The van der Waals surface area contributed by atoms with Crippen LogP contribution in [-0.4, -0.2) is 17.3 Å². The number of aromatic hydroxyl groups is 1. The largest absolute Gasteiger partial charge is 0.506 e. The summed E-state index contributed by atoms with van der Waals surface area (Å²) in [6.45, 7) is 0. The average molecular weight is 370 g/mol. The van der Waals surface area contributed by atoms with Gasteiger partial charge in [0.1, 0.15) is 5.75 Å². The second kappa shape index (κ2) is 6.22. The van der Waals surface area contributed by atoms with Crippen molar-refractivity contribution in [1.29, 1.82) is 0 Å². The number of rotatable bonds is 3. The maximum atomic E-state index is 12.4. The Bertz CT molecular complexity index is 907. The molecular formula is C18H12BrNO3. The van der Waals surface area contributed by atoms with Crippen molar-refractivity contribution in [1.82, 2.24) is 0 Å². The van der Waals surface area contributed by atoms with Crippen LogP contribution in [0.25, 0.3) is 10.8 Å². The Hall–Kier alpha value is -2.66. The zero-order valence-electron chi connectivity index (χ0n) is 11.9. The van der Waals surface area contributed by atoms with E-state index in [2.05, 4.69) is 21.2 Å². The number of para-hydroxylation sites is 1. The molecule has 5 heteroatoms. The van der Waals surface area contributed by atoms with E-state index in [1.54, 1.807) is 48.5 Å². The molecule has 0 saturated carbocycles. The lowest BCUT2D eigenvalue weighted by atomic mass is 9.99. The summed E-state index contributed by atoms with van der Waals surface area (Å²) in [6.07, 6.45) is 0.560. The van der Waals surface area contributed by atoms with Gasteiger partial charge in [0, 0.05) is 10.2 Å². The van der Waals surface area contributed by atoms with Crippen LogP contribution >= 0.6 is 15.9 Å². The molecule has 0 bridgehead atoms. The Morgan fingerprint density at radius 2 is 1.83 bits per heavy atom. The molecule has 3 aromatic carbocycles. The molecule has 0 aliphatic heterocycles. The molecule has 4 nitrogen and oxygen atoms in total. The van der Waals surface area contributed by atoms with Crippen LogP contribution in [0.4, 0.5) is 5.69 Å². The molecule has 1 amide bonds. The van der Waals surface area contributed by atoms with E-state index in [0.29, 0.717) is 22.7 Å². The molecular weight excluding hydrogens is 358 g/mol. The van der Waals surface area contributed by atoms with Crippen molar-refractivity contribution >= 4 is 44.6 Å². The van der Waals surface area contributed by atoms with Gasteiger partial charge in [-0.1, -0.05) is 40.2 Å². The van der Waals surface area contributed by atoms with E-state index in [9.17, 15) is 14.7 Å². The summed E-state index contributed by atoms with van der Waals surface area (Å²) in [5.41, 5.74) is 0.772. The van der Waals surface area contributed by atoms with E-state index in [1.807, 2.05) is 6.07 Å². The summed E-state index contributed by atoms with van der Waals surface area (Å²) in [5, 5.41) is 14.3. The summed E-state index contributed by atoms with van der Waals surface area (Å²) in [5.74, 6) is -0.790.